The zero-order chi connectivity index (χ0) is 27.1. The van der Waals surface area contributed by atoms with Crippen molar-refractivity contribution in [2.24, 2.45) is 0 Å². The zero-order valence-corrected chi connectivity index (χ0v) is 22.6. The molecular weight excluding hydrogens is 496 g/mol. The number of alkyl carbamates (subject to hydrolysis) is 1. The van der Waals surface area contributed by atoms with Gasteiger partial charge in [0.25, 0.3) is 0 Å². The van der Waals surface area contributed by atoms with E-state index >= 15 is 0 Å². The third kappa shape index (κ3) is 7.60. The van der Waals surface area contributed by atoms with E-state index in [2.05, 4.69) is 47.0 Å². The SMILES string of the molecule is CC(C)(C)OC(=O)NCc1cccc(C(O)c2ccc(Cl)cc2NCc2ccc(-c3ccccc3)cc2)c1. The average molecular weight is 529 g/mol. The van der Waals surface area contributed by atoms with Gasteiger partial charge < -0.3 is 20.5 Å². The van der Waals surface area contributed by atoms with Crippen LogP contribution in [-0.4, -0.2) is 16.8 Å². The third-order valence-electron chi connectivity index (χ3n) is 5.96. The van der Waals surface area contributed by atoms with E-state index in [1.807, 2.05) is 75.4 Å². The fourth-order valence-electron chi connectivity index (χ4n) is 4.10. The van der Waals surface area contributed by atoms with E-state index in [0.29, 0.717) is 29.2 Å². The fraction of sp³-hybridized carbons (Fsp3) is 0.219. The van der Waals surface area contributed by atoms with E-state index in [9.17, 15) is 9.90 Å². The number of amides is 1. The first kappa shape index (κ1) is 27.2. The minimum atomic E-state index is -0.878. The molecule has 0 aliphatic carbocycles. The number of nitrogens with one attached hydrogen (secondary N) is 2. The predicted octanol–water partition coefficient (Wildman–Crippen LogP) is 7.73. The molecule has 0 heterocycles. The molecule has 0 saturated carbocycles. The van der Waals surface area contributed by atoms with Crippen LogP contribution in [0.4, 0.5) is 10.5 Å². The van der Waals surface area contributed by atoms with E-state index in [1.54, 1.807) is 6.07 Å². The highest BCUT2D eigenvalue weighted by Crippen LogP contribution is 2.32. The molecule has 38 heavy (non-hydrogen) atoms. The monoisotopic (exact) mass is 528 g/mol. The Morgan fingerprint density at radius 1 is 0.842 bits per heavy atom. The van der Waals surface area contributed by atoms with Gasteiger partial charge in [0.15, 0.2) is 0 Å². The maximum Gasteiger partial charge on any atom is 0.407 e. The van der Waals surface area contributed by atoms with Gasteiger partial charge in [0, 0.05) is 29.4 Å². The number of carbonyl (C=O) groups excluding carboxylic acids is 1. The summed E-state index contributed by atoms with van der Waals surface area (Å²) in [7, 11) is 0. The van der Waals surface area contributed by atoms with Gasteiger partial charge in [0.2, 0.25) is 0 Å². The average Bonchev–Trinajstić information content (AvgIpc) is 2.90. The summed E-state index contributed by atoms with van der Waals surface area (Å²) >= 11 is 6.31. The lowest BCUT2D eigenvalue weighted by atomic mass is 9.98. The number of hydrogen-bond donors (Lipinski definition) is 3. The van der Waals surface area contributed by atoms with Crippen molar-refractivity contribution in [2.75, 3.05) is 5.32 Å². The molecule has 0 bridgehead atoms. The summed E-state index contributed by atoms with van der Waals surface area (Å²) in [6.45, 7) is 6.33. The lowest BCUT2D eigenvalue weighted by Crippen LogP contribution is -2.32. The third-order valence-corrected chi connectivity index (χ3v) is 6.19. The molecule has 1 unspecified atom stereocenters. The summed E-state index contributed by atoms with van der Waals surface area (Å²) in [4.78, 5) is 12.0. The van der Waals surface area contributed by atoms with Crippen LogP contribution in [0.1, 0.15) is 49.1 Å². The Morgan fingerprint density at radius 3 is 2.26 bits per heavy atom. The molecule has 0 saturated heterocycles. The number of hydrogen-bond acceptors (Lipinski definition) is 4. The minimum absolute atomic E-state index is 0.292. The summed E-state index contributed by atoms with van der Waals surface area (Å²) < 4.78 is 5.31. The van der Waals surface area contributed by atoms with E-state index in [4.69, 9.17) is 16.3 Å². The fourth-order valence-corrected chi connectivity index (χ4v) is 4.28. The smallest absolute Gasteiger partial charge is 0.407 e. The Kier molecular flexibility index (Phi) is 8.72. The van der Waals surface area contributed by atoms with E-state index in [0.717, 1.165) is 22.4 Å². The normalized spacial score (nSPS) is 12.0. The molecule has 4 aromatic carbocycles. The number of aliphatic hydroxyl groups excluding tert-OH is 1. The first-order chi connectivity index (χ1) is 18.2. The quantitative estimate of drug-likeness (QED) is 0.219. The van der Waals surface area contributed by atoms with Gasteiger partial charge in [0.05, 0.1) is 0 Å². The van der Waals surface area contributed by atoms with Gasteiger partial charge in [-0.1, -0.05) is 96.5 Å². The Bertz CT molecular complexity index is 1370. The van der Waals surface area contributed by atoms with Crippen molar-refractivity contribution in [3.63, 3.8) is 0 Å². The van der Waals surface area contributed by atoms with E-state index in [1.165, 1.54) is 5.56 Å². The van der Waals surface area contributed by atoms with Crippen LogP contribution < -0.4 is 10.6 Å². The van der Waals surface area contributed by atoms with Crippen LogP contribution in [0.2, 0.25) is 5.02 Å². The summed E-state index contributed by atoms with van der Waals surface area (Å²) in [6.07, 6.45) is -1.36. The Morgan fingerprint density at radius 2 is 1.55 bits per heavy atom. The van der Waals surface area contributed by atoms with Crippen LogP contribution in [0, 0.1) is 0 Å². The van der Waals surface area contributed by atoms with Crippen LogP contribution in [-0.2, 0) is 17.8 Å². The molecule has 4 rings (SSSR count). The van der Waals surface area contributed by atoms with Gasteiger partial charge in [-0.2, -0.15) is 0 Å². The molecule has 5 nitrogen and oxygen atoms in total. The maximum atomic E-state index is 12.0. The highest BCUT2D eigenvalue weighted by Gasteiger charge is 2.18. The number of carbonyl (C=O) groups is 1. The van der Waals surface area contributed by atoms with E-state index in [-0.39, 0.29) is 0 Å². The summed E-state index contributed by atoms with van der Waals surface area (Å²) in [5, 5.41) is 18.1. The van der Waals surface area contributed by atoms with Crippen molar-refractivity contribution in [2.45, 2.75) is 45.6 Å². The second-order valence-electron chi connectivity index (χ2n) is 10.2. The Balaban J connectivity index is 1.45. The molecule has 0 aromatic heterocycles. The standard InChI is InChI=1S/C32H33ClN2O3/c1-32(2,3)38-31(37)35-21-23-8-7-11-26(18-23)30(36)28-17-16-27(33)19-29(28)34-20-22-12-14-25(15-13-22)24-9-5-4-6-10-24/h4-19,30,34,36H,20-21H2,1-3H3,(H,35,37). The largest absolute Gasteiger partial charge is 0.444 e. The molecule has 1 atom stereocenters. The van der Waals surface area contributed by atoms with Crippen molar-refractivity contribution in [1.29, 1.82) is 0 Å². The molecule has 0 spiro atoms. The number of benzene rings is 4. The van der Waals surface area contributed by atoms with Crippen LogP contribution in [0.5, 0.6) is 0 Å². The molecule has 0 aliphatic rings. The van der Waals surface area contributed by atoms with Crippen molar-refractivity contribution in [1.82, 2.24) is 5.32 Å². The molecule has 6 heteroatoms. The molecule has 0 radical (unpaired) electrons. The predicted molar refractivity (Wildman–Crippen MR) is 154 cm³/mol. The summed E-state index contributed by atoms with van der Waals surface area (Å²) in [5.41, 5.74) is 5.93. The Hall–Kier alpha value is -3.80. The molecule has 0 aliphatic heterocycles. The van der Waals surface area contributed by atoms with Gasteiger partial charge in [0.1, 0.15) is 11.7 Å². The van der Waals surface area contributed by atoms with E-state index < -0.39 is 17.8 Å². The highest BCUT2D eigenvalue weighted by atomic mass is 35.5. The van der Waals surface area contributed by atoms with Crippen molar-refractivity contribution in [3.8, 4) is 11.1 Å². The first-order valence-electron chi connectivity index (χ1n) is 12.6. The number of aliphatic hydroxyl groups is 1. The van der Waals surface area contributed by atoms with Gasteiger partial charge in [-0.05, 0) is 60.7 Å². The van der Waals surface area contributed by atoms with Gasteiger partial charge in [-0.25, -0.2) is 4.79 Å². The molecule has 4 aromatic rings. The van der Waals surface area contributed by atoms with Crippen LogP contribution in [0.25, 0.3) is 11.1 Å². The maximum absolute atomic E-state index is 12.0. The van der Waals surface area contributed by atoms with Crippen molar-refractivity contribution >= 4 is 23.4 Å². The molecular formula is C32H33ClN2O3. The second kappa shape index (κ2) is 12.2. The van der Waals surface area contributed by atoms with Crippen LogP contribution in [0.3, 0.4) is 0 Å². The number of anilines is 1. The number of ether oxygens (including phenoxy) is 1. The first-order valence-corrected chi connectivity index (χ1v) is 13.0. The van der Waals surface area contributed by atoms with Crippen LogP contribution >= 0.6 is 11.6 Å². The van der Waals surface area contributed by atoms with Gasteiger partial charge in [-0.3, -0.25) is 0 Å². The number of rotatable bonds is 8. The highest BCUT2D eigenvalue weighted by molar-refractivity contribution is 6.30. The minimum Gasteiger partial charge on any atom is -0.444 e. The lowest BCUT2D eigenvalue weighted by molar-refractivity contribution is 0.0523. The topological polar surface area (TPSA) is 70.6 Å². The summed E-state index contributed by atoms with van der Waals surface area (Å²) in [6, 6.07) is 31.6. The molecule has 3 N–H and O–H groups in total. The zero-order valence-electron chi connectivity index (χ0n) is 21.9. The molecule has 196 valence electrons. The van der Waals surface area contributed by atoms with Gasteiger partial charge >= 0.3 is 6.09 Å². The van der Waals surface area contributed by atoms with Gasteiger partial charge in [-0.15, -0.1) is 0 Å². The van der Waals surface area contributed by atoms with Crippen LogP contribution in [0.15, 0.2) is 97.1 Å². The second-order valence-corrected chi connectivity index (χ2v) is 10.6. The Labute approximate surface area is 229 Å². The molecule has 0 fully saturated rings. The molecule has 1 amide bonds. The number of halogens is 1. The lowest BCUT2D eigenvalue weighted by Gasteiger charge is -2.20. The van der Waals surface area contributed by atoms with Crippen molar-refractivity contribution < 1.29 is 14.6 Å². The summed E-state index contributed by atoms with van der Waals surface area (Å²) in [5.74, 6) is 0. The van der Waals surface area contributed by atoms with Crippen molar-refractivity contribution in [3.05, 3.63) is 124 Å².